The number of nitrogens with one attached hydrogen (secondary N) is 3. The number of carbonyl (C=O) groups excluding carboxylic acids is 3. The molecule has 1 aliphatic heterocycles. The van der Waals surface area contributed by atoms with Gasteiger partial charge in [-0.15, -0.1) is 0 Å². The largest absolute Gasteiger partial charge is 0.361 e. The van der Waals surface area contributed by atoms with Crippen LogP contribution in [0.5, 0.6) is 0 Å². The van der Waals surface area contributed by atoms with Crippen molar-refractivity contribution in [3.8, 4) is 0 Å². The van der Waals surface area contributed by atoms with Gasteiger partial charge in [0.15, 0.2) is 0 Å². The Kier molecular flexibility index (Phi) is 5.99. The summed E-state index contributed by atoms with van der Waals surface area (Å²) in [6.07, 6.45) is 2.63. The number of aromatic amines is 1. The predicted molar refractivity (Wildman–Crippen MR) is 123 cm³/mol. The van der Waals surface area contributed by atoms with Gasteiger partial charge in [-0.25, -0.2) is 0 Å². The maximum atomic E-state index is 13.6. The minimum Gasteiger partial charge on any atom is -0.361 e. The summed E-state index contributed by atoms with van der Waals surface area (Å²) in [6.45, 7) is 5.74. The van der Waals surface area contributed by atoms with Crippen LogP contribution in [-0.2, 0) is 9.59 Å². The number of hydrogen-bond donors (Lipinski definition) is 3. The molecule has 2 unspecified atom stereocenters. The van der Waals surface area contributed by atoms with Crippen LogP contribution in [0, 0.1) is 5.92 Å². The Bertz CT molecular complexity index is 1170. The van der Waals surface area contributed by atoms with E-state index in [2.05, 4.69) is 15.8 Å². The molecule has 1 aromatic heterocycles. The van der Waals surface area contributed by atoms with E-state index < -0.39 is 18.0 Å². The predicted octanol–water partition coefficient (Wildman–Crippen LogP) is 3.69. The zero-order valence-electron chi connectivity index (χ0n) is 18.5. The van der Waals surface area contributed by atoms with E-state index in [0.717, 1.165) is 22.0 Å². The van der Waals surface area contributed by atoms with E-state index >= 15 is 0 Å². The first-order valence-corrected chi connectivity index (χ1v) is 11.0. The molecule has 32 heavy (non-hydrogen) atoms. The highest BCUT2D eigenvalue weighted by Crippen LogP contribution is 2.43. The first-order valence-electron chi connectivity index (χ1n) is 11.0. The first-order chi connectivity index (χ1) is 15.4. The number of nitrogens with zero attached hydrogens (tertiary/aromatic N) is 1. The van der Waals surface area contributed by atoms with Crippen molar-refractivity contribution in [1.29, 1.82) is 0 Å². The van der Waals surface area contributed by atoms with E-state index in [4.69, 9.17) is 0 Å². The average molecular weight is 433 g/mol. The van der Waals surface area contributed by atoms with Crippen LogP contribution in [0.25, 0.3) is 10.9 Å². The number of para-hydroxylation sites is 1. The molecule has 2 aromatic carbocycles. The molecule has 1 aliphatic rings. The Morgan fingerprint density at radius 2 is 1.75 bits per heavy atom. The molecule has 0 saturated carbocycles. The third-order valence-corrected chi connectivity index (χ3v) is 5.89. The summed E-state index contributed by atoms with van der Waals surface area (Å²) >= 11 is 0. The smallest absolute Gasteiger partial charge is 0.261 e. The van der Waals surface area contributed by atoms with Crippen LogP contribution in [-0.4, -0.2) is 33.6 Å². The maximum absolute atomic E-state index is 13.6. The number of rotatable bonds is 6. The van der Waals surface area contributed by atoms with Crippen LogP contribution in [0.15, 0.2) is 54.7 Å². The standard InChI is InChI=1S/C25H28N4O3/c1-4-22(30)27-28-24(31)21(13-15(2)3)29-23(17-10-5-6-11-18(17)25(29)32)19-14-26-20-12-8-7-9-16(19)20/h5-12,14-15,21,23,26H,4,13H2,1-3H3,(H,27,30)(H,28,31). The van der Waals surface area contributed by atoms with Crippen molar-refractivity contribution in [3.05, 3.63) is 71.4 Å². The van der Waals surface area contributed by atoms with Crippen molar-refractivity contribution in [2.75, 3.05) is 0 Å². The summed E-state index contributed by atoms with van der Waals surface area (Å²) in [5.74, 6) is -0.705. The molecule has 3 N–H and O–H groups in total. The van der Waals surface area contributed by atoms with Gasteiger partial charge in [-0.1, -0.05) is 57.2 Å². The number of hydrazine groups is 1. The zero-order valence-corrected chi connectivity index (χ0v) is 18.5. The second-order valence-electron chi connectivity index (χ2n) is 8.53. The zero-order chi connectivity index (χ0) is 22.8. The first kappa shape index (κ1) is 21.6. The lowest BCUT2D eigenvalue weighted by Crippen LogP contribution is -2.53. The Morgan fingerprint density at radius 3 is 2.50 bits per heavy atom. The number of amides is 3. The summed E-state index contributed by atoms with van der Waals surface area (Å²) in [5.41, 5.74) is 8.36. The molecule has 0 bridgehead atoms. The van der Waals surface area contributed by atoms with Gasteiger partial charge in [0.25, 0.3) is 11.8 Å². The topological polar surface area (TPSA) is 94.3 Å². The molecule has 166 valence electrons. The molecule has 0 radical (unpaired) electrons. The summed E-state index contributed by atoms with van der Waals surface area (Å²) in [6, 6.07) is 14.3. The summed E-state index contributed by atoms with van der Waals surface area (Å²) in [7, 11) is 0. The summed E-state index contributed by atoms with van der Waals surface area (Å²) in [5, 5.41) is 1.01. The highest BCUT2D eigenvalue weighted by Gasteiger charge is 2.44. The van der Waals surface area contributed by atoms with Gasteiger partial charge in [-0.3, -0.25) is 25.2 Å². The number of aromatic nitrogens is 1. The van der Waals surface area contributed by atoms with Crippen molar-refractivity contribution in [3.63, 3.8) is 0 Å². The molecule has 3 amide bonds. The van der Waals surface area contributed by atoms with E-state index in [1.54, 1.807) is 11.8 Å². The van der Waals surface area contributed by atoms with Gasteiger partial charge in [0.1, 0.15) is 6.04 Å². The molecule has 4 rings (SSSR count). The molecule has 3 aromatic rings. The Morgan fingerprint density at radius 1 is 1.03 bits per heavy atom. The second kappa shape index (κ2) is 8.86. The average Bonchev–Trinajstić information content (AvgIpc) is 3.34. The van der Waals surface area contributed by atoms with Gasteiger partial charge in [0.05, 0.1) is 6.04 Å². The van der Waals surface area contributed by atoms with Gasteiger partial charge >= 0.3 is 0 Å². The fraction of sp³-hybridized carbons (Fsp3) is 0.320. The van der Waals surface area contributed by atoms with Crippen molar-refractivity contribution < 1.29 is 14.4 Å². The fourth-order valence-corrected chi connectivity index (χ4v) is 4.39. The van der Waals surface area contributed by atoms with Crippen molar-refractivity contribution in [2.45, 2.75) is 45.7 Å². The van der Waals surface area contributed by atoms with Crippen molar-refractivity contribution in [2.24, 2.45) is 5.92 Å². The molecule has 0 spiro atoms. The second-order valence-corrected chi connectivity index (χ2v) is 8.53. The van der Waals surface area contributed by atoms with Crippen LogP contribution in [0.1, 0.15) is 61.1 Å². The van der Waals surface area contributed by atoms with Crippen molar-refractivity contribution >= 4 is 28.6 Å². The monoisotopic (exact) mass is 432 g/mol. The number of carbonyl (C=O) groups is 3. The fourth-order valence-electron chi connectivity index (χ4n) is 4.39. The van der Waals surface area contributed by atoms with Gasteiger partial charge in [0, 0.05) is 34.6 Å². The number of fused-ring (bicyclic) bond motifs is 2. The number of H-pyrrole nitrogens is 1. The molecular formula is C25H28N4O3. The van der Waals surface area contributed by atoms with E-state index in [9.17, 15) is 14.4 Å². The Labute approximate surface area is 187 Å². The molecule has 0 fully saturated rings. The molecule has 2 atom stereocenters. The van der Waals surface area contributed by atoms with Crippen molar-refractivity contribution in [1.82, 2.24) is 20.7 Å². The molecule has 0 saturated heterocycles. The molecule has 2 heterocycles. The van der Waals surface area contributed by atoms with Crippen LogP contribution < -0.4 is 10.9 Å². The van der Waals surface area contributed by atoms with Gasteiger partial charge in [-0.2, -0.15) is 0 Å². The van der Waals surface area contributed by atoms with E-state index in [-0.39, 0.29) is 24.2 Å². The van der Waals surface area contributed by atoms with Gasteiger partial charge in [0.2, 0.25) is 5.91 Å². The third-order valence-electron chi connectivity index (χ3n) is 5.89. The van der Waals surface area contributed by atoms with Crippen LogP contribution in [0.3, 0.4) is 0 Å². The maximum Gasteiger partial charge on any atom is 0.261 e. The van der Waals surface area contributed by atoms with Crippen LogP contribution >= 0.6 is 0 Å². The number of hydrogen-bond acceptors (Lipinski definition) is 3. The lowest BCUT2D eigenvalue weighted by molar-refractivity contribution is -0.132. The van der Waals surface area contributed by atoms with E-state index in [1.165, 1.54) is 0 Å². The molecule has 0 aliphatic carbocycles. The van der Waals surface area contributed by atoms with Gasteiger partial charge < -0.3 is 9.88 Å². The SMILES string of the molecule is CCC(=O)NNC(=O)C(CC(C)C)N1C(=O)c2ccccc2C1c1c[nH]c2ccccc12. The minimum atomic E-state index is -0.745. The molecular weight excluding hydrogens is 404 g/mol. The van der Waals surface area contributed by atoms with Gasteiger partial charge in [-0.05, 0) is 30.0 Å². The molecule has 7 nitrogen and oxygen atoms in total. The number of benzene rings is 2. The highest BCUT2D eigenvalue weighted by molar-refractivity contribution is 6.03. The normalized spacial score (nSPS) is 16.3. The van der Waals surface area contributed by atoms with Crippen LogP contribution in [0.2, 0.25) is 0 Å². The third kappa shape index (κ3) is 3.86. The minimum absolute atomic E-state index is 0.160. The lowest BCUT2D eigenvalue weighted by atomic mass is 9.95. The van der Waals surface area contributed by atoms with E-state index in [0.29, 0.717) is 12.0 Å². The Balaban J connectivity index is 1.80. The Hall–Kier alpha value is -3.61. The summed E-state index contributed by atoms with van der Waals surface area (Å²) in [4.78, 5) is 43.5. The van der Waals surface area contributed by atoms with Crippen LogP contribution in [0.4, 0.5) is 0 Å². The highest BCUT2D eigenvalue weighted by atomic mass is 16.2. The molecule has 7 heteroatoms. The summed E-state index contributed by atoms with van der Waals surface area (Å²) < 4.78 is 0. The quantitative estimate of drug-likeness (QED) is 0.519. The lowest BCUT2D eigenvalue weighted by Gasteiger charge is -2.33. The van der Waals surface area contributed by atoms with E-state index in [1.807, 2.05) is 68.6 Å².